The highest BCUT2D eigenvalue weighted by Gasteiger charge is 2.20. The lowest BCUT2D eigenvalue weighted by molar-refractivity contribution is -0.0514. The molecular formula is C16H12F2O3. The number of rotatable bonds is 4. The van der Waals surface area contributed by atoms with Gasteiger partial charge >= 0.3 is 6.61 Å². The Morgan fingerprint density at radius 2 is 1.71 bits per heavy atom. The van der Waals surface area contributed by atoms with E-state index in [4.69, 9.17) is 4.42 Å². The fraction of sp³-hybridized carbons (Fsp3) is 0.125. The van der Waals surface area contributed by atoms with Crippen molar-refractivity contribution in [1.29, 1.82) is 0 Å². The normalized spacial score (nSPS) is 12.8. The maximum atomic E-state index is 12.4. The molecule has 21 heavy (non-hydrogen) atoms. The molecule has 1 atom stereocenters. The Labute approximate surface area is 119 Å². The number of hydrogen-bond acceptors (Lipinski definition) is 3. The zero-order valence-corrected chi connectivity index (χ0v) is 10.9. The van der Waals surface area contributed by atoms with Gasteiger partial charge in [-0.2, -0.15) is 8.78 Å². The Hall–Kier alpha value is -2.40. The van der Waals surface area contributed by atoms with Gasteiger partial charge in [0.15, 0.2) is 0 Å². The molecule has 3 rings (SSSR count). The fourth-order valence-electron chi connectivity index (χ4n) is 2.20. The number of alkyl halides is 2. The number of furan rings is 1. The summed E-state index contributed by atoms with van der Waals surface area (Å²) in [6, 6.07) is 15.1. The number of aliphatic hydroxyl groups is 1. The van der Waals surface area contributed by atoms with E-state index in [0.717, 1.165) is 5.39 Å². The molecule has 1 unspecified atom stereocenters. The summed E-state index contributed by atoms with van der Waals surface area (Å²) in [4.78, 5) is 0. The van der Waals surface area contributed by atoms with E-state index in [1.807, 2.05) is 18.2 Å². The van der Waals surface area contributed by atoms with E-state index in [2.05, 4.69) is 4.74 Å². The number of para-hydroxylation sites is 2. The van der Waals surface area contributed by atoms with Gasteiger partial charge < -0.3 is 14.3 Å². The molecule has 1 heterocycles. The van der Waals surface area contributed by atoms with Crippen molar-refractivity contribution in [2.24, 2.45) is 0 Å². The van der Waals surface area contributed by atoms with Crippen LogP contribution in [-0.4, -0.2) is 11.7 Å². The Bertz CT molecular complexity index is 719. The third-order valence-electron chi connectivity index (χ3n) is 3.14. The number of fused-ring (bicyclic) bond motifs is 1. The lowest BCUT2D eigenvalue weighted by atomic mass is 10.1. The molecule has 5 heteroatoms. The lowest BCUT2D eigenvalue weighted by Crippen LogP contribution is -2.07. The largest absolute Gasteiger partial charge is 0.458 e. The van der Waals surface area contributed by atoms with Gasteiger partial charge in [-0.3, -0.25) is 0 Å². The van der Waals surface area contributed by atoms with Gasteiger partial charge in [-0.25, -0.2) is 0 Å². The first-order chi connectivity index (χ1) is 10.1. The van der Waals surface area contributed by atoms with Crippen molar-refractivity contribution in [3.8, 4) is 5.75 Å². The van der Waals surface area contributed by atoms with Crippen LogP contribution in [0.25, 0.3) is 11.0 Å². The van der Waals surface area contributed by atoms with E-state index in [1.165, 1.54) is 12.1 Å². The number of hydrogen-bond donors (Lipinski definition) is 1. The zero-order valence-electron chi connectivity index (χ0n) is 10.9. The summed E-state index contributed by atoms with van der Waals surface area (Å²) in [6.45, 7) is -2.95. The topological polar surface area (TPSA) is 42.6 Å². The molecule has 0 saturated carbocycles. The van der Waals surface area contributed by atoms with E-state index in [1.54, 1.807) is 24.3 Å². The minimum absolute atomic E-state index is 0.0690. The van der Waals surface area contributed by atoms with E-state index in [9.17, 15) is 13.9 Å². The van der Waals surface area contributed by atoms with Crippen LogP contribution >= 0.6 is 0 Å². The Morgan fingerprint density at radius 3 is 2.48 bits per heavy atom. The van der Waals surface area contributed by atoms with Crippen molar-refractivity contribution >= 4 is 11.0 Å². The minimum atomic E-state index is -2.95. The third kappa shape index (κ3) is 2.73. The third-order valence-corrected chi connectivity index (χ3v) is 3.14. The SMILES string of the molecule is OC(c1cc2ccccc2o1)c1ccccc1OC(F)F. The molecule has 0 saturated heterocycles. The van der Waals surface area contributed by atoms with E-state index < -0.39 is 12.7 Å². The van der Waals surface area contributed by atoms with Gasteiger partial charge in [-0.05, 0) is 18.2 Å². The van der Waals surface area contributed by atoms with Gasteiger partial charge in [-0.1, -0.05) is 36.4 Å². The molecule has 0 spiro atoms. The first kappa shape index (κ1) is 13.6. The smallest absolute Gasteiger partial charge is 0.387 e. The van der Waals surface area contributed by atoms with Crippen LogP contribution in [0.3, 0.4) is 0 Å². The van der Waals surface area contributed by atoms with E-state index in [-0.39, 0.29) is 17.1 Å². The second kappa shape index (κ2) is 5.54. The summed E-state index contributed by atoms with van der Waals surface area (Å²) in [5, 5.41) is 11.2. The number of ether oxygens (including phenoxy) is 1. The lowest BCUT2D eigenvalue weighted by Gasteiger charge is -2.13. The van der Waals surface area contributed by atoms with Crippen molar-refractivity contribution in [2.75, 3.05) is 0 Å². The van der Waals surface area contributed by atoms with Gasteiger partial charge in [0, 0.05) is 10.9 Å². The van der Waals surface area contributed by atoms with Gasteiger partial charge in [0.25, 0.3) is 0 Å². The summed E-state index contributed by atoms with van der Waals surface area (Å²) in [5.41, 5.74) is 0.857. The van der Waals surface area contributed by atoms with Gasteiger partial charge in [0.2, 0.25) is 0 Å². The molecule has 0 aliphatic heterocycles. The molecule has 3 nitrogen and oxygen atoms in total. The summed E-state index contributed by atoms with van der Waals surface area (Å²) in [5.74, 6) is 0.210. The Kier molecular flexibility index (Phi) is 3.58. The van der Waals surface area contributed by atoms with Gasteiger partial charge in [-0.15, -0.1) is 0 Å². The van der Waals surface area contributed by atoms with Crippen molar-refractivity contribution in [2.45, 2.75) is 12.7 Å². The summed E-state index contributed by atoms with van der Waals surface area (Å²) < 4.78 is 34.8. The minimum Gasteiger partial charge on any atom is -0.458 e. The average Bonchev–Trinajstić information content (AvgIpc) is 2.90. The highest BCUT2D eigenvalue weighted by Crippen LogP contribution is 2.33. The maximum absolute atomic E-state index is 12.4. The maximum Gasteiger partial charge on any atom is 0.387 e. The summed E-state index contributed by atoms with van der Waals surface area (Å²) >= 11 is 0. The van der Waals surface area contributed by atoms with E-state index in [0.29, 0.717) is 5.58 Å². The average molecular weight is 290 g/mol. The van der Waals surface area contributed by atoms with Crippen LogP contribution in [0.4, 0.5) is 8.78 Å². The van der Waals surface area contributed by atoms with Crippen molar-refractivity contribution in [1.82, 2.24) is 0 Å². The predicted octanol–water partition coefficient (Wildman–Crippen LogP) is 4.12. The monoisotopic (exact) mass is 290 g/mol. The fourth-order valence-corrected chi connectivity index (χ4v) is 2.20. The highest BCUT2D eigenvalue weighted by atomic mass is 19.3. The number of halogens is 2. The van der Waals surface area contributed by atoms with Crippen molar-refractivity contribution in [3.05, 3.63) is 65.9 Å². The molecule has 1 N–H and O–H groups in total. The van der Waals surface area contributed by atoms with Gasteiger partial charge in [0.05, 0.1) is 0 Å². The molecular weight excluding hydrogens is 278 g/mol. The predicted molar refractivity (Wildman–Crippen MR) is 73.3 cm³/mol. The summed E-state index contributed by atoms with van der Waals surface area (Å²) in [6.07, 6.45) is -1.17. The molecule has 1 aromatic heterocycles. The van der Waals surface area contributed by atoms with Crippen molar-refractivity contribution < 1.29 is 23.0 Å². The van der Waals surface area contributed by atoms with Crippen LogP contribution in [0.2, 0.25) is 0 Å². The first-order valence-electron chi connectivity index (χ1n) is 6.35. The van der Waals surface area contributed by atoms with Crippen LogP contribution in [0.5, 0.6) is 5.75 Å². The second-order valence-electron chi connectivity index (χ2n) is 4.51. The highest BCUT2D eigenvalue weighted by molar-refractivity contribution is 5.77. The molecule has 0 aliphatic rings. The number of benzene rings is 2. The molecule has 0 fully saturated rings. The summed E-state index contributed by atoms with van der Waals surface area (Å²) in [7, 11) is 0. The Morgan fingerprint density at radius 1 is 1.00 bits per heavy atom. The van der Waals surface area contributed by atoms with Crippen LogP contribution in [0.1, 0.15) is 17.4 Å². The Balaban J connectivity index is 1.99. The zero-order chi connectivity index (χ0) is 14.8. The van der Waals surface area contributed by atoms with Crippen LogP contribution in [0.15, 0.2) is 59.0 Å². The molecule has 0 amide bonds. The number of aliphatic hydroxyl groups excluding tert-OH is 1. The molecule has 108 valence electrons. The van der Waals surface area contributed by atoms with Crippen LogP contribution < -0.4 is 4.74 Å². The molecule has 0 radical (unpaired) electrons. The molecule has 2 aromatic carbocycles. The van der Waals surface area contributed by atoms with Crippen LogP contribution in [0, 0.1) is 0 Å². The molecule has 0 bridgehead atoms. The molecule has 0 aliphatic carbocycles. The van der Waals surface area contributed by atoms with Crippen LogP contribution in [-0.2, 0) is 0 Å². The van der Waals surface area contributed by atoms with Gasteiger partial charge in [0.1, 0.15) is 23.2 Å². The van der Waals surface area contributed by atoms with Crippen molar-refractivity contribution in [3.63, 3.8) is 0 Å². The second-order valence-corrected chi connectivity index (χ2v) is 4.51. The molecule has 3 aromatic rings. The van der Waals surface area contributed by atoms with E-state index >= 15 is 0 Å². The standard InChI is InChI=1S/C16H12F2O3/c17-16(18)21-13-8-4-2-6-11(13)15(19)14-9-10-5-1-3-7-12(10)20-14/h1-9,15-16,19H. The quantitative estimate of drug-likeness (QED) is 0.786. The first-order valence-corrected chi connectivity index (χ1v) is 6.35.